The minimum Gasteiger partial charge on any atom is -0.496 e. The number of carbonyl (C=O) groups excluding carboxylic acids is 2. The lowest BCUT2D eigenvalue weighted by molar-refractivity contribution is -0.122. The second kappa shape index (κ2) is 7.53. The number of carbonyl (C=O) groups is 2. The number of aryl methyl sites for hydroxylation is 1. The monoisotopic (exact) mass is 278 g/mol. The summed E-state index contributed by atoms with van der Waals surface area (Å²) in [6, 6.07) is 4.77. The molecule has 0 radical (unpaired) electrons. The average molecular weight is 278 g/mol. The first-order valence-electron chi connectivity index (χ1n) is 6.72. The number of amides is 2. The quantitative estimate of drug-likeness (QED) is 0.831. The van der Waals surface area contributed by atoms with Gasteiger partial charge in [-0.25, -0.2) is 0 Å². The van der Waals surface area contributed by atoms with Crippen LogP contribution >= 0.6 is 0 Å². The fourth-order valence-corrected chi connectivity index (χ4v) is 1.74. The van der Waals surface area contributed by atoms with Crippen molar-refractivity contribution in [2.45, 2.75) is 33.2 Å². The minimum absolute atomic E-state index is 0.188. The molecule has 1 aromatic carbocycles. The van der Waals surface area contributed by atoms with Gasteiger partial charge in [-0.3, -0.25) is 9.59 Å². The molecule has 5 heteroatoms. The molecule has 0 aromatic heterocycles. The number of rotatable bonds is 6. The van der Waals surface area contributed by atoms with Gasteiger partial charge in [0, 0.05) is 6.54 Å². The van der Waals surface area contributed by atoms with Crippen LogP contribution in [0, 0.1) is 6.92 Å². The third-order valence-corrected chi connectivity index (χ3v) is 2.89. The molecule has 0 fully saturated rings. The lowest BCUT2D eigenvalue weighted by Crippen LogP contribution is -2.45. The van der Waals surface area contributed by atoms with Crippen molar-refractivity contribution in [1.29, 1.82) is 0 Å². The number of ether oxygens (including phenoxy) is 1. The van der Waals surface area contributed by atoms with Crippen LogP contribution in [0.1, 0.15) is 36.2 Å². The standard InChI is InChI=1S/C15H22N2O3/c1-5-8-16-14(18)11(3)17-15(19)12-9-10(2)6-7-13(12)20-4/h6-7,9,11H,5,8H2,1-4H3,(H,16,18)(H,17,19)/t11-/m0/s1. The van der Waals surface area contributed by atoms with E-state index in [0.717, 1.165) is 12.0 Å². The Morgan fingerprint density at radius 3 is 2.65 bits per heavy atom. The Hall–Kier alpha value is -2.04. The normalized spacial score (nSPS) is 11.6. The molecule has 20 heavy (non-hydrogen) atoms. The van der Waals surface area contributed by atoms with Gasteiger partial charge in [0.15, 0.2) is 0 Å². The molecule has 5 nitrogen and oxygen atoms in total. The molecule has 110 valence electrons. The molecule has 0 unspecified atom stereocenters. The number of nitrogens with one attached hydrogen (secondary N) is 2. The zero-order valence-electron chi connectivity index (χ0n) is 12.4. The summed E-state index contributed by atoms with van der Waals surface area (Å²) in [6.45, 7) is 6.13. The molecule has 0 bridgehead atoms. The van der Waals surface area contributed by atoms with Crippen LogP contribution in [-0.2, 0) is 4.79 Å². The summed E-state index contributed by atoms with van der Waals surface area (Å²) >= 11 is 0. The summed E-state index contributed by atoms with van der Waals surface area (Å²) in [5.74, 6) is -0.00853. The lowest BCUT2D eigenvalue weighted by Gasteiger charge is -2.15. The van der Waals surface area contributed by atoms with Gasteiger partial charge in [0.05, 0.1) is 12.7 Å². The molecule has 0 saturated heterocycles. The molecule has 0 aliphatic rings. The summed E-state index contributed by atoms with van der Waals surface area (Å²) < 4.78 is 5.17. The first kappa shape index (κ1) is 16.0. The Morgan fingerprint density at radius 1 is 1.35 bits per heavy atom. The van der Waals surface area contributed by atoms with Gasteiger partial charge in [0.1, 0.15) is 11.8 Å². The molecule has 0 spiro atoms. The molecule has 0 heterocycles. The van der Waals surface area contributed by atoms with E-state index < -0.39 is 6.04 Å². The Morgan fingerprint density at radius 2 is 2.05 bits per heavy atom. The van der Waals surface area contributed by atoms with Gasteiger partial charge >= 0.3 is 0 Å². The highest BCUT2D eigenvalue weighted by molar-refractivity contribution is 5.99. The highest BCUT2D eigenvalue weighted by atomic mass is 16.5. The Kier molecular flexibility index (Phi) is 6.03. The van der Waals surface area contributed by atoms with E-state index in [0.29, 0.717) is 17.9 Å². The van der Waals surface area contributed by atoms with E-state index in [2.05, 4.69) is 10.6 Å². The molecular weight excluding hydrogens is 256 g/mol. The molecule has 0 aliphatic heterocycles. The SMILES string of the molecule is CCCNC(=O)[C@H](C)NC(=O)c1cc(C)ccc1OC. The van der Waals surface area contributed by atoms with E-state index in [9.17, 15) is 9.59 Å². The summed E-state index contributed by atoms with van der Waals surface area (Å²) in [7, 11) is 1.51. The number of hydrogen-bond donors (Lipinski definition) is 2. The van der Waals surface area contributed by atoms with Gasteiger partial charge in [-0.15, -0.1) is 0 Å². The molecule has 1 atom stereocenters. The zero-order valence-corrected chi connectivity index (χ0v) is 12.4. The summed E-state index contributed by atoms with van der Waals surface area (Å²) in [5, 5.41) is 5.42. The first-order valence-corrected chi connectivity index (χ1v) is 6.72. The molecule has 0 saturated carbocycles. The van der Waals surface area contributed by atoms with Gasteiger partial charge in [-0.2, -0.15) is 0 Å². The Balaban J connectivity index is 2.75. The molecule has 2 amide bonds. The van der Waals surface area contributed by atoms with Crippen molar-refractivity contribution in [3.05, 3.63) is 29.3 Å². The van der Waals surface area contributed by atoms with Crippen LogP contribution in [0.2, 0.25) is 0 Å². The highest BCUT2D eigenvalue weighted by Crippen LogP contribution is 2.19. The van der Waals surface area contributed by atoms with Crippen LogP contribution in [0.25, 0.3) is 0 Å². The first-order chi connectivity index (χ1) is 9.49. The minimum atomic E-state index is -0.584. The Bertz CT molecular complexity index is 486. The van der Waals surface area contributed by atoms with E-state index in [1.54, 1.807) is 19.1 Å². The zero-order chi connectivity index (χ0) is 15.1. The van der Waals surface area contributed by atoms with Crippen molar-refractivity contribution in [3.8, 4) is 5.75 Å². The van der Waals surface area contributed by atoms with Crippen molar-refractivity contribution in [2.24, 2.45) is 0 Å². The van der Waals surface area contributed by atoms with Gasteiger partial charge in [-0.1, -0.05) is 18.6 Å². The largest absolute Gasteiger partial charge is 0.496 e. The number of hydrogen-bond acceptors (Lipinski definition) is 3. The lowest BCUT2D eigenvalue weighted by atomic mass is 10.1. The fourth-order valence-electron chi connectivity index (χ4n) is 1.74. The number of methoxy groups -OCH3 is 1. The van der Waals surface area contributed by atoms with Crippen LogP contribution in [0.15, 0.2) is 18.2 Å². The van der Waals surface area contributed by atoms with E-state index in [4.69, 9.17) is 4.74 Å². The maximum Gasteiger partial charge on any atom is 0.255 e. The third kappa shape index (κ3) is 4.26. The topological polar surface area (TPSA) is 67.4 Å². The third-order valence-electron chi connectivity index (χ3n) is 2.89. The van der Waals surface area contributed by atoms with Crippen molar-refractivity contribution in [2.75, 3.05) is 13.7 Å². The summed E-state index contributed by atoms with van der Waals surface area (Å²) in [5.41, 5.74) is 1.39. The molecule has 0 aliphatic carbocycles. The second-order valence-corrected chi connectivity index (χ2v) is 4.69. The van der Waals surface area contributed by atoms with Crippen molar-refractivity contribution < 1.29 is 14.3 Å². The predicted octanol–water partition coefficient (Wildman–Crippen LogP) is 1.65. The maximum absolute atomic E-state index is 12.2. The van der Waals surface area contributed by atoms with E-state index in [1.165, 1.54) is 7.11 Å². The smallest absolute Gasteiger partial charge is 0.255 e. The van der Waals surface area contributed by atoms with Crippen LogP contribution < -0.4 is 15.4 Å². The van der Waals surface area contributed by atoms with Crippen molar-refractivity contribution in [1.82, 2.24) is 10.6 Å². The van der Waals surface area contributed by atoms with Crippen LogP contribution in [0.3, 0.4) is 0 Å². The van der Waals surface area contributed by atoms with E-state index in [1.807, 2.05) is 19.9 Å². The molecular formula is C15H22N2O3. The summed E-state index contributed by atoms with van der Waals surface area (Å²) in [6.07, 6.45) is 0.859. The second-order valence-electron chi connectivity index (χ2n) is 4.69. The number of benzene rings is 1. The fraction of sp³-hybridized carbons (Fsp3) is 0.467. The summed E-state index contributed by atoms with van der Waals surface area (Å²) in [4.78, 5) is 23.9. The predicted molar refractivity (Wildman–Crippen MR) is 78.0 cm³/mol. The highest BCUT2D eigenvalue weighted by Gasteiger charge is 2.18. The van der Waals surface area contributed by atoms with Crippen molar-refractivity contribution >= 4 is 11.8 Å². The van der Waals surface area contributed by atoms with Crippen molar-refractivity contribution in [3.63, 3.8) is 0 Å². The van der Waals surface area contributed by atoms with Crippen LogP contribution in [-0.4, -0.2) is 31.5 Å². The van der Waals surface area contributed by atoms with Gasteiger partial charge < -0.3 is 15.4 Å². The van der Waals surface area contributed by atoms with Crippen LogP contribution in [0.5, 0.6) is 5.75 Å². The van der Waals surface area contributed by atoms with Gasteiger partial charge in [-0.05, 0) is 32.4 Å². The average Bonchev–Trinajstić information content (AvgIpc) is 2.44. The maximum atomic E-state index is 12.2. The van der Waals surface area contributed by atoms with Gasteiger partial charge in [0.2, 0.25) is 5.91 Å². The van der Waals surface area contributed by atoms with Gasteiger partial charge in [0.25, 0.3) is 5.91 Å². The van der Waals surface area contributed by atoms with E-state index in [-0.39, 0.29) is 11.8 Å². The molecule has 1 aromatic rings. The van der Waals surface area contributed by atoms with E-state index >= 15 is 0 Å². The molecule has 2 N–H and O–H groups in total. The molecule has 1 rings (SSSR count). The van der Waals surface area contributed by atoms with Crippen LogP contribution in [0.4, 0.5) is 0 Å². The Labute approximate surface area is 119 Å².